The zero-order valence-electron chi connectivity index (χ0n) is 11.8. The van der Waals surface area contributed by atoms with Crippen LogP contribution in [-0.4, -0.2) is 4.57 Å². The van der Waals surface area contributed by atoms with Gasteiger partial charge in [-0.2, -0.15) is 0 Å². The Morgan fingerprint density at radius 2 is 1.70 bits per heavy atom. The largest absolute Gasteiger partial charge is 0.350 e. The van der Waals surface area contributed by atoms with Crippen LogP contribution < -0.4 is 0 Å². The monoisotopic (exact) mass is 261 g/mol. The Kier molecular flexibility index (Phi) is 3.42. The molecule has 3 aromatic rings. The lowest BCUT2D eigenvalue weighted by Gasteiger charge is -2.05. The fraction of sp³-hybridized carbons (Fsp3) is 0.158. The van der Waals surface area contributed by atoms with E-state index in [9.17, 15) is 0 Å². The van der Waals surface area contributed by atoms with Gasteiger partial charge in [-0.1, -0.05) is 55.1 Å². The molecule has 0 fully saturated rings. The van der Waals surface area contributed by atoms with Crippen molar-refractivity contribution < 1.29 is 0 Å². The number of benzene rings is 2. The highest BCUT2D eigenvalue weighted by molar-refractivity contribution is 5.84. The molecule has 0 saturated heterocycles. The number of nitrogens with zero attached hydrogens (tertiary/aromatic N) is 1. The van der Waals surface area contributed by atoms with Crippen LogP contribution in [0, 0.1) is 0 Å². The van der Waals surface area contributed by atoms with E-state index in [0.29, 0.717) is 0 Å². The van der Waals surface area contributed by atoms with Crippen LogP contribution in [0.3, 0.4) is 0 Å². The van der Waals surface area contributed by atoms with Gasteiger partial charge in [0.15, 0.2) is 0 Å². The van der Waals surface area contributed by atoms with E-state index in [1.54, 1.807) is 0 Å². The minimum atomic E-state index is 0.998. The molecule has 0 radical (unpaired) electrons. The average molecular weight is 261 g/mol. The highest BCUT2D eigenvalue weighted by atomic mass is 14.9. The second kappa shape index (κ2) is 5.38. The third kappa shape index (κ3) is 2.39. The summed E-state index contributed by atoms with van der Waals surface area (Å²) in [7, 11) is 2.11. The molecule has 0 saturated carbocycles. The molecule has 0 aliphatic heterocycles. The number of hydrogen-bond donors (Lipinski definition) is 0. The van der Waals surface area contributed by atoms with E-state index in [-0.39, 0.29) is 0 Å². The molecule has 0 amide bonds. The molecule has 20 heavy (non-hydrogen) atoms. The van der Waals surface area contributed by atoms with Gasteiger partial charge in [-0.3, -0.25) is 0 Å². The maximum absolute atomic E-state index is 4.22. The fourth-order valence-electron chi connectivity index (χ4n) is 2.73. The van der Waals surface area contributed by atoms with E-state index in [4.69, 9.17) is 0 Å². The zero-order valence-corrected chi connectivity index (χ0v) is 11.8. The van der Waals surface area contributed by atoms with Crippen LogP contribution in [0.2, 0.25) is 0 Å². The fourth-order valence-corrected chi connectivity index (χ4v) is 2.73. The molecule has 0 N–H and O–H groups in total. The van der Waals surface area contributed by atoms with Gasteiger partial charge >= 0.3 is 0 Å². The van der Waals surface area contributed by atoms with Crippen molar-refractivity contribution in [2.75, 3.05) is 0 Å². The molecule has 1 heteroatoms. The number of fused-ring (bicyclic) bond motifs is 1. The van der Waals surface area contributed by atoms with Gasteiger partial charge in [0.25, 0.3) is 0 Å². The second-order valence-corrected chi connectivity index (χ2v) is 5.25. The molecule has 3 rings (SSSR count). The maximum atomic E-state index is 4.22. The summed E-state index contributed by atoms with van der Waals surface area (Å²) in [6, 6.07) is 19.0. The summed E-state index contributed by atoms with van der Waals surface area (Å²) in [5.74, 6) is 0. The number of allylic oxidation sites excluding steroid dienone is 1. The first-order chi connectivity index (χ1) is 9.75. The number of aromatic nitrogens is 1. The Labute approximate surface area is 120 Å². The average Bonchev–Trinajstić information content (AvgIpc) is 2.83. The normalized spacial score (nSPS) is 10.8. The standard InChI is InChI=1S/C19H19N/c1-15(16-8-4-3-5-9-16)12-13-17-14-20(2)19-11-7-6-10-18(17)19/h3-11,14H,1,12-13H2,2H3. The molecule has 1 heterocycles. The lowest BCUT2D eigenvalue weighted by molar-refractivity contribution is 0.942. The number of hydrogen-bond acceptors (Lipinski definition) is 0. The van der Waals surface area contributed by atoms with Crippen molar-refractivity contribution in [2.45, 2.75) is 12.8 Å². The lowest BCUT2D eigenvalue weighted by atomic mass is 9.99. The van der Waals surface area contributed by atoms with Gasteiger partial charge in [0, 0.05) is 24.1 Å². The van der Waals surface area contributed by atoms with E-state index < -0.39 is 0 Å². The second-order valence-electron chi connectivity index (χ2n) is 5.25. The smallest absolute Gasteiger partial charge is 0.0480 e. The summed E-state index contributed by atoms with van der Waals surface area (Å²) in [6.07, 6.45) is 4.27. The first kappa shape index (κ1) is 12.7. The Morgan fingerprint density at radius 1 is 1.00 bits per heavy atom. The summed E-state index contributed by atoms with van der Waals surface area (Å²) in [6.45, 7) is 4.22. The molecular formula is C19H19N. The van der Waals surface area contributed by atoms with E-state index in [2.05, 4.69) is 72.9 Å². The molecule has 1 nitrogen and oxygen atoms in total. The van der Waals surface area contributed by atoms with Gasteiger partial charge < -0.3 is 4.57 Å². The van der Waals surface area contributed by atoms with Gasteiger partial charge in [-0.25, -0.2) is 0 Å². The molecule has 1 aromatic heterocycles. The third-order valence-electron chi connectivity index (χ3n) is 3.86. The van der Waals surface area contributed by atoms with Crippen LogP contribution in [0.5, 0.6) is 0 Å². The molecule has 0 unspecified atom stereocenters. The van der Waals surface area contributed by atoms with E-state index in [1.165, 1.54) is 27.6 Å². The van der Waals surface area contributed by atoms with Gasteiger partial charge in [0.2, 0.25) is 0 Å². The van der Waals surface area contributed by atoms with E-state index in [0.717, 1.165) is 12.8 Å². The van der Waals surface area contributed by atoms with Crippen molar-refractivity contribution in [3.05, 3.63) is 78.5 Å². The predicted molar refractivity (Wildman–Crippen MR) is 86.7 cm³/mol. The minimum Gasteiger partial charge on any atom is -0.350 e. The Balaban J connectivity index is 1.79. The highest BCUT2D eigenvalue weighted by Crippen LogP contribution is 2.24. The first-order valence-electron chi connectivity index (χ1n) is 7.02. The Morgan fingerprint density at radius 3 is 2.50 bits per heavy atom. The summed E-state index contributed by atoms with van der Waals surface area (Å²) >= 11 is 0. The molecule has 0 atom stereocenters. The Bertz CT molecular complexity index is 735. The van der Waals surface area contributed by atoms with E-state index >= 15 is 0 Å². The topological polar surface area (TPSA) is 4.93 Å². The van der Waals surface area contributed by atoms with Crippen molar-refractivity contribution in [3.63, 3.8) is 0 Å². The number of rotatable bonds is 4. The third-order valence-corrected chi connectivity index (χ3v) is 3.86. The van der Waals surface area contributed by atoms with Crippen molar-refractivity contribution in [1.29, 1.82) is 0 Å². The zero-order chi connectivity index (χ0) is 13.9. The SMILES string of the molecule is C=C(CCc1cn(C)c2ccccc12)c1ccccc1. The lowest BCUT2D eigenvalue weighted by Crippen LogP contribution is -1.88. The van der Waals surface area contributed by atoms with Crippen molar-refractivity contribution in [2.24, 2.45) is 7.05 Å². The molecule has 0 aliphatic carbocycles. The van der Waals surface area contributed by atoms with Crippen LogP contribution in [-0.2, 0) is 13.5 Å². The van der Waals surface area contributed by atoms with Crippen molar-refractivity contribution in [3.8, 4) is 0 Å². The summed E-state index contributed by atoms with van der Waals surface area (Å²) in [5, 5.41) is 1.36. The molecule has 100 valence electrons. The van der Waals surface area contributed by atoms with Gasteiger partial charge in [0.05, 0.1) is 0 Å². The molecule has 0 bridgehead atoms. The molecule has 0 spiro atoms. The van der Waals surface area contributed by atoms with Gasteiger partial charge in [-0.05, 0) is 35.6 Å². The maximum Gasteiger partial charge on any atom is 0.0480 e. The quantitative estimate of drug-likeness (QED) is 0.634. The molecule has 2 aromatic carbocycles. The van der Waals surface area contributed by atoms with Crippen molar-refractivity contribution >= 4 is 16.5 Å². The summed E-state index contributed by atoms with van der Waals surface area (Å²) in [4.78, 5) is 0. The van der Waals surface area contributed by atoms with Crippen molar-refractivity contribution in [1.82, 2.24) is 4.57 Å². The van der Waals surface area contributed by atoms with E-state index in [1.807, 2.05) is 6.07 Å². The van der Waals surface area contributed by atoms with Crippen LogP contribution in [0.4, 0.5) is 0 Å². The number of para-hydroxylation sites is 1. The van der Waals surface area contributed by atoms with Gasteiger partial charge in [0.1, 0.15) is 0 Å². The van der Waals surface area contributed by atoms with Crippen LogP contribution >= 0.6 is 0 Å². The Hall–Kier alpha value is -2.28. The predicted octanol–water partition coefficient (Wildman–Crippen LogP) is 4.82. The molecule has 0 aliphatic rings. The van der Waals surface area contributed by atoms with Crippen LogP contribution in [0.25, 0.3) is 16.5 Å². The summed E-state index contributed by atoms with van der Waals surface area (Å²) < 4.78 is 2.20. The van der Waals surface area contributed by atoms with Crippen LogP contribution in [0.1, 0.15) is 17.5 Å². The first-order valence-corrected chi connectivity index (χ1v) is 7.02. The highest BCUT2D eigenvalue weighted by Gasteiger charge is 2.06. The van der Waals surface area contributed by atoms with Crippen LogP contribution in [0.15, 0.2) is 67.4 Å². The number of aryl methyl sites for hydroxylation is 2. The summed E-state index contributed by atoms with van der Waals surface area (Å²) in [5.41, 5.74) is 5.15. The minimum absolute atomic E-state index is 0.998. The van der Waals surface area contributed by atoms with Gasteiger partial charge in [-0.15, -0.1) is 0 Å². The molecular weight excluding hydrogens is 242 g/mol.